The van der Waals surface area contributed by atoms with Crippen molar-refractivity contribution >= 4 is 11.9 Å². The lowest BCUT2D eigenvalue weighted by molar-refractivity contribution is -0.132. The molecule has 5 nitrogen and oxygen atoms in total. The van der Waals surface area contributed by atoms with Crippen LogP contribution in [0.4, 0.5) is 0 Å². The van der Waals surface area contributed by atoms with Gasteiger partial charge in [0, 0.05) is 13.2 Å². The summed E-state index contributed by atoms with van der Waals surface area (Å²) in [5, 5.41) is 2.86. The molecule has 138 valence electrons. The summed E-state index contributed by atoms with van der Waals surface area (Å²) in [6.45, 7) is 10.7. The minimum Gasteiger partial charge on any atom is -0.448 e. The van der Waals surface area contributed by atoms with Crippen LogP contribution in [-0.2, 0) is 14.3 Å². The number of benzene rings is 1. The van der Waals surface area contributed by atoms with Gasteiger partial charge in [0.25, 0.3) is 5.91 Å². The number of aryl methyl sites for hydroxylation is 3. The van der Waals surface area contributed by atoms with E-state index < -0.39 is 12.1 Å². The van der Waals surface area contributed by atoms with E-state index in [4.69, 9.17) is 9.47 Å². The van der Waals surface area contributed by atoms with E-state index >= 15 is 0 Å². The topological polar surface area (TPSA) is 64.6 Å². The van der Waals surface area contributed by atoms with Crippen LogP contribution < -0.4 is 5.32 Å². The molecule has 0 saturated carbocycles. The van der Waals surface area contributed by atoms with Crippen LogP contribution in [0.5, 0.6) is 0 Å². The molecule has 1 heterocycles. The Morgan fingerprint density at radius 3 is 2.40 bits per heavy atom. The fraction of sp³-hybridized carbons (Fsp3) is 0.600. The zero-order valence-corrected chi connectivity index (χ0v) is 15.8. The van der Waals surface area contributed by atoms with Crippen LogP contribution >= 0.6 is 0 Å². The summed E-state index contributed by atoms with van der Waals surface area (Å²) in [4.78, 5) is 25.1. The maximum atomic E-state index is 12.7. The molecule has 1 saturated heterocycles. The third-order valence-electron chi connectivity index (χ3n) is 4.51. The molecule has 0 aliphatic carbocycles. The predicted molar refractivity (Wildman–Crippen MR) is 96.7 cm³/mol. The third kappa shape index (κ3) is 5.05. The van der Waals surface area contributed by atoms with Crippen LogP contribution in [0, 0.1) is 26.7 Å². The van der Waals surface area contributed by atoms with Gasteiger partial charge in [0.1, 0.15) is 0 Å². The average Bonchev–Trinajstić information content (AvgIpc) is 3.02. The predicted octanol–water partition coefficient (Wildman–Crippen LogP) is 3.09. The van der Waals surface area contributed by atoms with E-state index in [9.17, 15) is 9.59 Å². The molecule has 1 aliphatic heterocycles. The Kier molecular flexibility index (Phi) is 6.59. The molecule has 1 N–H and O–H groups in total. The summed E-state index contributed by atoms with van der Waals surface area (Å²) < 4.78 is 11.1. The van der Waals surface area contributed by atoms with Gasteiger partial charge in [0.05, 0.1) is 11.7 Å². The number of carbonyl (C=O) groups is 2. The highest BCUT2D eigenvalue weighted by Gasteiger charge is 2.29. The Bertz CT molecular complexity index is 610. The average molecular weight is 347 g/mol. The molecule has 0 bridgehead atoms. The van der Waals surface area contributed by atoms with Gasteiger partial charge in [-0.3, -0.25) is 4.79 Å². The van der Waals surface area contributed by atoms with Gasteiger partial charge in [0.2, 0.25) is 0 Å². The molecule has 5 heteroatoms. The highest BCUT2D eigenvalue weighted by molar-refractivity contribution is 5.95. The van der Waals surface area contributed by atoms with Gasteiger partial charge >= 0.3 is 5.97 Å². The number of ether oxygens (including phenoxy) is 2. The summed E-state index contributed by atoms with van der Waals surface area (Å²) in [5.74, 6) is -0.818. The standard InChI is InChI=1S/C20H29NO4/c1-12(2)18(19(22)21-11-16-7-6-8-24-16)25-20(23)17-14(4)9-13(3)10-15(17)5/h9-10,12,16,18H,6-8,11H2,1-5H3,(H,21,22)/t16-,18+/m1/s1. The number of hydrogen-bond donors (Lipinski definition) is 1. The Balaban J connectivity index is 2.05. The first kappa shape index (κ1) is 19.4. The minimum atomic E-state index is -0.811. The van der Waals surface area contributed by atoms with Gasteiger partial charge in [-0.2, -0.15) is 0 Å². The highest BCUT2D eigenvalue weighted by Crippen LogP contribution is 2.20. The molecule has 1 aromatic rings. The quantitative estimate of drug-likeness (QED) is 0.803. The minimum absolute atomic E-state index is 0.0639. The Hall–Kier alpha value is -1.88. The molecule has 1 aliphatic rings. The summed E-state index contributed by atoms with van der Waals surface area (Å²) in [7, 11) is 0. The number of amides is 1. The van der Waals surface area contributed by atoms with Crippen LogP contribution in [0.2, 0.25) is 0 Å². The maximum Gasteiger partial charge on any atom is 0.339 e. The summed E-state index contributed by atoms with van der Waals surface area (Å²) in [6.07, 6.45) is 1.23. The molecule has 1 aromatic carbocycles. The smallest absolute Gasteiger partial charge is 0.339 e. The van der Waals surface area contributed by atoms with Crippen molar-refractivity contribution in [2.24, 2.45) is 5.92 Å². The van der Waals surface area contributed by atoms with Crippen LogP contribution in [0.1, 0.15) is 53.7 Å². The lowest BCUT2D eigenvalue weighted by Crippen LogP contribution is -2.43. The van der Waals surface area contributed by atoms with Crippen molar-refractivity contribution in [2.45, 2.75) is 59.7 Å². The van der Waals surface area contributed by atoms with E-state index in [-0.39, 0.29) is 17.9 Å². The van der Waals surface area contributed by atoms with Crippen LogP contribution in [0.25, 0.3) is 0 Å². The first-order valence-corrected chi connectivity index (χ1v) is 8.97. The normalized spacial score (nSPS) is 18.2. The van der Waals surface area contributed by atoms with E-state index in [1.807, 2.05) is 46.8 Å². The number of nitrogens with one attached hydrogen (secondary N) is 1. The summed E-state index contributed by atoms with van der Waals surface area (Å²) >= 11 is 0. The Morgan fingerprint density at radius 1 is 1.24 bits per heavy atom. The molecule has 1 fully saturated rings. The molecule has 25 heavy (non-hydrogen) atoms. The second-order valence-electron chi connectivity index (χ2n) is 7.22. The lowest BCUT2D eigenvalue weighted by atomic mass is 9.99. The number of rotatable bonds is 6. The van der Waals surface area contributed by atoms with Crippen molar-refractivity contribution < 1.29 is 19.1 Å². The molecular weight excluding hydrogens is 318 g/mol. The summed E-state index contributed by atoms with van der Waals surface area (Å²) in [6, 6.07) is 3.90. The van der Waals surface area contributed by atoms with Crippen LogP contribution in [-0.4, -0.2) is 37.2 Å². The van der Waals surface area contributed by atoms with Crippen LogP contribution in [0.15, 0.2) is 12.1 Å². The molecule has 2 rings (SSSR count). The molecule has 0 spiro atoms. The van der Waals surface area contributed by atoms with Gasteiger partial charge in [-0.1, -0.05) is 31.5 Å². The van der Waals surface area contributed by atoms with E-state index in [2.05, 4.69) is 5.32 Å². The second-order valence-corrected chi connectivity index (χ2v) is 7.22. The molecule has 1 amide bonds. The van der Waals surface area contributed by atoms with Gasteiger partial charge in [-0.15, -0.1) is 0 Å². The van der Waals surface area contributed by atoms with Crippen molar-refractivity contribution in [3.63, 3.8) is 0 Å². The zero-order chi connectivity index (χ0) is 18.6. The lowest BCUT2D eigenvalue weighted by Gasteiger charge is -2.22. The van der Waals surface area contributed by atoms with E-state index in [0.717, 1.165) is 36.1 Å². The second kappa shape index (κ2) is 8.48. The number of esters is 1. The fourth-order valence-corrected chi connectivity index (χ4v) is 3.29. The van der Waals surface area contributed by atoms with E-state index in [0.29, 0.717) is 12.1 Å². The van der Waals surface area contributed by atoms with Crippen molar-refractivity contribution in [3.8, 4) is 0 Å². The fourth-order valence-electron chi connectivity index (χ4n) is 3.29. The maximum absolute atomic E-state index is 12.7. The van der Waals surface area contributed by atoms with Crippen molar-refractivity contribution in [2.75, 3.05) is 13.2 Å². The first-order valence-electron chi connectivity index (χ1n) is 8.97. The van der Waals surface area contributed by atoms with Gasteiger partial charge in [-0.05, 0) is 50.7 Å². The first-order chi connectivity index (χ1) is 11.8. The van der Waals surface area contributed by atoms with Gasteiger partial charge in [-0.25, -0.2) is 4.79 Å². The monoisotopic (exact) mass is 347 g/mol. The molecule has 0 radical (unpaired) electrons. The number of hydrogen-bond acceptors (Lipinski definition) is 4. The number of carbonyl (C=O) groups excluding carboxylic acids is 2. The molecular formula is C20H29NO4. The highest BCUT2D eigenvalue weighted by atomic mass is 16.5. The van der Waals surface area contributed by atoms with Gasteiger partial charge in [0.15, 0.2) is 6.10 Å². The van der Waals surface area contributed by atoms with E-state index in [1.165, 1.54) is 0 Å². The molecule has 2 atom stereocenters. The zero-order valence-electron chi connectivity index (χ0n) is 15.8. The Labute approximate surface area is 150 Å². The van der Waals surface area contributed by atoms with Crippen molar-refractivity contribution in [1.29, 1.82) is 0 Å². The largest absolute Gasteiger partial charge is 0.448 e. The molecule has 0 aromatic heterocycles. The van der Waals surface area contributed by atoms with Crippen molar-refractivity contribution in [1.82, 2.24) is 5.32 Å². The van der Waals surface area contributed by atoms with Crippen molar-refractivity contribution in [3.05, 3.63) is 34.4 Å². The van der Waals surface area contributed by atoms with Crippen LogP contribution in [0.3, 0.4) is 0 Å². The SMILES string of the molecule is Cc1cc(C)c(C(=O)O[C@H](C(=O)NC[C@H]2CCCO2)C(C)C)c(C)c1. The summed E-state index contributed by atoms with van der Waals surface area (Å²) in [5.41, 5.74) is 3.37. The Morgan fingerprint density at radius 2 is 1.88 bits per heavy atom. The third-order valence-corrected chi connectivity index (χ3v) is 4.51. The van der Waals surface area contributed by atoms with E-state index in [1.54, 1.807) is 0 Å². The molecule has 0 unspecified atom stereocenters. The van der Waals surface area contributed by atoms with Gasteiger partial charge < -0.3 is 14.8 Å².